The molecule has 0 saturated heterocycles. The second-order valence-corrected chi connectivity index (χ2v) is 9.26. The van der Waals surface area contributed by atoms with Crippen LogP contribution in [0.4, 0.5) is 0 Å². The first-order chi connectivity index (χ1) is 13.9. The molecule has 6 nitrogen and oxygen atoms in total. The molecule has 0 saturated carbocycles. The SMILES string of the molecule is CC(NC(=O)CCN=C1NS(=O)(=O)c2ccccc21)c1ccc2c(c1)CCCC2. The fourth-order valence-electron chi connectivity index (χ4n) is 3.94. The summed E-state index contributed by atoms with van der Waals surface area (Å²) in [5, 5.41) is 3.02. The molecule has 1 atom stereocenters. The zero-order chi connectivity index (χ0) is 20.4. The number of carbonyl (C=O) groups is 1. The van der Waals surface area contributed by atoms with Crippen LogP contribution in [-0.4, -0.2) is 26.7 Å². The molecule has 0 bridgehead atoms. The number of hydrogen-bond donors (Lipinski definition) is 2. The molecule has 1 aliphatic carbocycles. The average molecular weight is 412 g/mol. The van der Waals surface area contributed by atoms with Gasteiger partial charge in [0.05, 0.1) is 17.5 Å². The van der Waals surface area contributed by atoms with E-state index in [-0.39, 0.29) is 29.8 Å². The molecule has 2 aromatic carbocycles. The third kappa shape index (κ3) is 4.19. The molecule has 0 spiro atoms. The van der Waals surface area contributed by atoms with E-state index >= 15 is 0 Å². The minimum Gasteiger partial charge on any atom is -0.350 e. The smallest absolute Gasteiger partial charge is 0.263 e. The van der Waals surface area contributed by atoms with E-state index in [9.17, 15) is 13.2 Å². The minimum atomic E-state index is -3.55. The van der Waals surface area contributed by atoms with E-state index in [4.69, 9.17) is 0 Å². The third-order valence-corrected chi connectivity index (χ3v) is 6.92. The van der Waals surface area contributed by atoms with Crippen LogP contribution >= 0.6 is 0 Å². The second kappa shape index (κ2) is 7.99. The lowest BCUT2D eigenvalue weighted by Crippen LogP contribution is -2.28. The fourth-order valence-corrected chi connectivity index (χ4v) is 5.19. The van der Waals surface area contributed by atoms with Gasteiger partial charge in [-0.1, -0.05) is 30.3 Å². The summed E-state index contributed by atoms with van der Waals surface area (Å²) in [4.78, 5) is 16.9. The summed E-state index contributed by atoms with van der Waals surface area (Å²) >= 11 is 0. The van der Waals surface area contributed by atoms with E-state index in [1.54, 1.807) is 24.3 Å². The topological polar surface area (TPSA) is 87.6 Å². The molecule has 1 amide bonds. The Labute approximate surface area is 171 Å². The van der Waals surface area contributed by atoms with E-state index in [0.29, 0.717) is 11.4 Å². The largest absolute Gasteiger partial charge is 0.350 e. The van der Waals surface area contributed by atoms with Crippen molar-refractivity contribution in [1.82, 2.24) is 10.0 Å². The van der Waals surface area contributed by atoms with Gasteiger partial charge in [0, 0.05) is 12.0 Å². The van der Waals surface area contributed by atoms with Gasteiger partial charge in [0.15, 0.2) is 0 Å². The lowest BCUT2D eigenvalue weighted by Gasteiger charge is -2.20. The maximum atomic E-state index is 12.3. The summed E-state index contributed by atoms with van der Waals surface area (Å²) in [6.07, 6.45) is 4.93. The fraction of sp³-hybridized carbons (Fsp3) is 0.364. The van der Waals surface area contributed by atoms with Gasteiger partial charge in [-0.3, -0.25) is 14.5 Å². The highest BCUT2D eigenvalue weighted by atomic mass is 32.2. The van der Waals surface area contributed by atoms with E-state index in [1.807, 2.05) is 6.92 Å². The van der Waals surface area contributed by atoms with Crippen LogP contribution in [0.25, 0.3) is 0 Å². The Kier molecular flexibility index (Phi) is 5.41. The number of amidine groups is 1. The van der Waals surface area contributed by atoms with Crippen molar-refractivity contribution < 1.29 is 13.2 Å². The number of hydrogen-bond acceptors (Lipinski definition) is 4. The minimum absolute atomic E-state index is 0.0758. The Balaban J connectivity index is 1.36. The standard InChI is InChI=1S/C22H25N3O3S/c1-15(17-11-10-16-6-2-3-7-18(16)14-17)24-21(26)12-13-23-22-19-8-4-5-9-20(19)29(27,28)25-22/h4-5,8-11,14-15H,2-3,6-7,12-13H2,1H3,(H,23,25)(H,24,26). The molecule has 1 heterocycles. The molecule has 1 aliphatic heterocycles. The molecular weight excluding hydrogens is 386 g/mol. The summed E-state index contributed by atoms with van der Waals surface area (Å²) in [7, 11) is -3.55. The molecule has 29 heavy (non-hydrogen) atoms. The molecule has 2 aliphatic rings. The number of fused-ring (bicyclic) bond motifs is 2. The van der Waals surface area contributed by atoms with Crippen molar-refractivity contribution in [3.63, 3.8) is 0 Å². The number of aryl methyl sites for hydroxylation is 2. The van der Waals surface area contributed by atoms with Crippen molar-refractivity contribution in [2.75, 3.05) is 6.54 Å². The van der Waals surface area contributed by atoms with Gasteiger partial charge in [0.25, 0.3) is 10.0 Å². The average Bonchev–Trinajstić information content (AvgIpc) is 2.98. The van der Waals surface area contributed by atoms with Crippen LogP contribution in [-0.2, 0) is 27.7 Å². The predicted octanol–water partition coefficient (Wildman–Crippen LogP) is 2.87. The van der Waals surface area contributed by atoms with Crippen LogP contribution in [0.1, 0.15) is 54.5 Å². The quantitative estimate of drug-likeness (QED) is 0.793. The maximum Gasteiger partial charge on any atom is 0.263 e. The highest BCUT2D eigenvalue weighted by Gasteiger charge is 2.30. The van der Waals surface area contributed by atoms with Gasteiger partial charge in [-0.15, -0.1) is 0 Å². The molecule has 0 fully saturated rings. The number of amides is 1. The number of carbonyl (C=O) groups excluding carboxylic acids is 1. The lowest BCUT2D eigenvalue weighted by molar-refractivity contribution is -0.121. The van der Waals surface area contributed by atoms with Gasteiger partial charge in [-0.2, -0.15) is 0 Å². The van der Waals surface area contributed by atoms with E-state index in [2.05, 4.69) is 33.2 Å². The summed E-state index contributed by atoms with van der Waals surface area (Å²) in [6, 6.07) is 13.1. The summed E-state index contributed by atoms with van der Waals surface area (Å²) in [5.74, 6) is 0.199. The van der Waals surface area contributed by atoms with Crippen molar-refractivity contribution in [2.45, 2.75) is 50.0 Å². The zero-order valence-electron chi connectivity index (χ0n) is 16.4. The van der Waals surface area contributed by atoms with Crippen molar-refractivity contribution in [1.29, 1.82) is 0 Å². The summed E-state index contributed by atoms with van der Waals surface area (Å²) in [6.45, 7) is 2.20. The monoisotopic (exact) mass is 411 g/mol. The first kappa shape index (κ1) is 19.6. The van der Waals surface area contributed by atoms with E-state index in [0.717, 1.165) is 18.4 Å². The maximum absolute atomic E-state index is 12.3. The van der Waals surface area contributed by atoms with Crippen molar-refractivity contribution >= 4 is 21.8 Å². The molecular formula is C22H25N3O3S. The highest BCUT2D eigenvalue weighted by molar-refractivity contribution is 7.90. The number of nitrogens with one attached hydrogen (secondary N) is 2. The normalized spacial score (nSPS) is 19.1. The van der Waals surface area contributed by atoms with Crippen LogP contribution < -0.4 is 10.0 Å². The Bertz CT molecular complexity index is 1080. The predicted molar refractivity (Wildman–Crippen MR) is 112 cm³/mol. The Morgan fingerprint density at radius 3 is 2.72 bits per heavy atom. The van der Waals surface area contributed by atoms with Gasteiger partial charge in [-0.25, -0.2) is 8.42 Å². The molecule has 1 unspecified atom stereocenters. The number of rotatable bonds is 5. The molecule has 2 aromatic rings. The van der Waals surface area contributed by atoms with Crippen molar-refractivity contribution in [3.8, 4) is 0 Å². The van der Waals surface area contributed by atoms with Gasteiger partial charge in [-0.05, 0) is 61.4 Å². The third-order valence-electron chi connectivity index (χ3n) is 5.52. The summed E-state index contributed by atoms with van der Waals surface area (Å²) in [5.41, 5.74) is 4.49. The van der Waals surface area contributed by atoms with Gasteiger partial charge in [0.2, 0.25) is 5.91 Å². The number of benzene rings is 2. The van der Waals surface area contributed by atoms with Crippen molar-refractivity contribution in [2.24, 2.45) is 4.99 Å². The van der Waals surface area contributed by atoms with Crippen LogP contribution in [0.15, 0.2) is 52.4 Å². The van der Waals surface area contributed by atoms with E-state index < -0.39 is 10.0 Å². The lowest BCUT2D eigenvalue weighted by atomic mass is 9.89. The van der Waals surface area contributed by atoms with Gasteiger partial charge < -0.3 is 5.32 Å². The molecule has 2 N–H and O–H groups in total. The van der Waals surface area contributed by atoms with Crippen molar-refractivity contribution in [3.05, 3.63) is 64.7 Å². The zero-order valence-corrected chi connectivity index (χ0v) is 17.3. The number of sulfonamides is 1. The van der Waals surface area contributed by atoms with E-state index in [1.165, 1.54) is 24.0 Å². The summed E-state index contributed by atoms with van der Waals surface area (Å²) < 4.78 is 26.6. The Hall–Kier alpha value is -2.67. The highest BCUT2D eigenvalue weighted by Crippen LogP contribution is 2.25. The Morgan fingerprint density at radius 2 is 1.90 bits per heavy atom. The molecule has 0 radical (unpaired) electrons. The molecule has 0 aromatic heterocycles. The first-order valence-electron chi connectivity index (χ1n) is 10.0. The van der Waals surface area contributed by atoms with Crippen LogP contribution in [0.3, 0.4) is 0 Å². The molecule has 152 valence electrons. The molecule has 7 heteroatoms. The Morgan fingerprint density at radius 1 is 1.14 bits per heavy atom. The van der Waals surface area contributed by atoms with Gasteiger partial charge >= 0.3 is 0 Å². The molecule has 4 rings (SSSR count). The number of aliphatic imine (C=N–C) groups is 1. The first-order valence-corrected chi connectivity index (χ1v) is 11.5. The number of nitrogens with zero attached hydrogens (tertiary/aromatic N) is 1. The van der Waals surface area contributed by atoms with Gasteiger partial charge in [0.1, 0.15) is 5.84 Å². The van der Waals surface area contributed by atoms with Crippen LogP contribution in [0.2, 0.25) is 0 Å². The van der Waals surface area contributed by atoms with Crippen LogP contribution in [0, 0.1) is 0 Å². The van der Waals surface area contributed by atoms with Crippen LogP contribution in [0.5, 0.6) is 0 Å². The second-order valence-electron chi connectivity index (χ2n) is 7.61.